The Bertz CT molecular complexity index is 1850. The molecule has 1 unspecified atom stereocenters. The van der Waals surface area contributed by atoms with Gasteiger partial charge in [-0.3, -0.25) is 39.2 Å². The van der Waals surface area contributed by atoms with Crippen molar-refractivity contribution in [3.05, 3.63) is 71.8 Å². The predicted octanol–water partition coefficient (Wildman–Crippen LogP) is 5.91. The van der Waals surface area contributed by atoms with E-state index < -0.39 is 71.6 Å². The third-order valence-corrected chi connectivity index (χ3v) is 13.8. The maximum Gasteiger partial charge on any atom is 0.329 e. The van der Waals surface area contributed by atoms with Gasteiger partial charge in [0.1, 0.15) is 18.9 Å². The summed E-state index contributed by atoms with van der Waals surface area (Å²) in [5.41, 5.74) is 0.936. The van der Waals surface area contributed by atoms with Crippen molar-refractivity contribution in [3.63, 3.8) is 0 Å². The molecule has 374 valence electrons. The van der Waals surface area contributed by atoms with Gasteiger partial charge in [0.05, 0.1) is 36.3 Å². The summed E-state index contributed by atoms with van der Waals surface area (Å²) in [6.07, 6.45) is 3.96. The fourth-order valence-corrected chi connectivity index (χ4v) is 10.3. The van der Waals surface area contributed by atoms with Crippen LogP contribution in [0, 0.1) is 17.8 Å². The summed E-state index contributed by atoms with van der Waals surface area (Å²) in [5, 5.41) is 14.8. The van der Waals surface area contributed by atoms with Gasteiger partial charge in [-0.15, -0.1) is 0 Å². The molecule has 1 fully saturated rings. The van der Waals surface area contributed by atoms with Gasteiger partial charge in [-0.1, -0.05) is 109 Å². The maximum atomic E-state index is 14.5. The molecule has 9 atom stereocenters. The number of amides is 3. The van der Waals surface area contributed by atoms with Crippen molar-refractivity contribution in [2.24, 2.45) is 17.8 Å². The summed E-state index contributed by atoms with van der Waals surface area (Å²) in [6.45, 7) is 15.0. The van der Waals surface area contributed by atoms with Gasteiger partial charge >= 0.3 is 11.9 Å². The third-order valence-electron chi connectivity index (χ3n) is 13.8. The van der Waals surface area contributed by atoms with Crippen LogP contribution in [0.1, 0.15) is 111 Å². The quantitative estimate of drug-likeness (QED) is 0.0478. The second-order valence-corrected chi connectivity index (χ2v) is 19.1. The normalized spacial score (nSPS) is 18.4. The first-order valence-corrected chi connectivity index (χ1v) is 24.2. The highest BCUT2D eigenvalue weighted by Gasteiger charge is 2.53. The number of unbranched alkanes of at least 4 members (excludes halogenated alkanes) is 2. The summed E-state index contributed by atoms with van der Waals surface area (Å²) in [7, 11) is 6.85. The molecule has 0 bridgehead atoms. The van der Waals surface area contributed by atoms with Crippen LogP contribution < -0.4 is 10.6 Å². The first-order valence-electron chi connectivity index (χ1n) is 24.2. The summed E-state index contributed by atoms with van der Waals surface area (Å²) in [4.78, 5) is 86.2. The summed E-state index contributed by atoms with van der Waals surface area (Å²) < 4.78 is 18.1. The van der Waals surface area contributed by atoms with Crippen LogP contribution in [0.5, 0.6) is 0 Å². The first-order chi connectivity index (χ1) is 31.9. The Balaban J connectivity index is 1.93. The minimum Gasteiger partial charge on any atom is -0.481 e. The van der Waals surface area contributed by atoms with Gasteiger partial charge in [0.2, 0.25) is 17.7 Å². The molecule has 67 heavy (non-hydrogen) atoms. The molecule has 2 aromatic rings. The average Bonchev–Trinajstić information content (AvgIpc) is 3.78. The lowest BCUT2D eigenvalue weighted by Crippen LogP contribution is -2.70. The Labute approximate surface area is 400 Å². The number of rotatable bonds is 30. The standard InChI is InChI=1S/C52H81N5O10/c1-12-52(7,47(42(65-10)29-32-58)56(9)45(36(4)5)50(63)54-49(62)44(35(2)3)55(8)30-21-15-20-28-43(59)60)57-31-22-27-41(57)46(66-11)37(6)48(61)53-40(33-38-23-16-13-17-24-38)51(64)67-34-39-25-18-14-19-26-39/h13-14,16-19,23-26,32,35-37,40-42,44-47H,12,15,20-22,27-31,33-34H2,1-11H3,(H,53,61)(H,59,60)(H,54,62,63)/t37-,40+,41+,42-,44+,45+,46-,47-,52?/m1/s1. The molecular formula is C52H81N5O10. The molecule has 1 aliphatic heterocycles. The molecule has 0 aromatic heterocycles. The van der Waals surface area contributed by atoms with E-state index in [4.69, 9.17) is 19.3 Å². The SMILES string of the molecule is CCC(C)([C@@H]([C@@H](CC=O)OC)N(C)[C@H](C(=O)NC(=O)[C@H](C(C)C)N(C)CCCCCC(=O)O)C(C)C)N1CCC[C@H]1[C@H](OC)[C@@H](C)C(=O)N[C@@H](Cc1ccccc1)C(=O)OCc1ccccc1. The topological polar surface area (TPSA) is 184 Å². The lowest BCUT2D eigenvalue weighted by atomic mass is 9.79. The molecule has 0 saturated carbocycles. The fourth-order valence-electron chi connectivity index (χ4n) is 10.3. The number of benzene rings is 2. The van der Waals surface area contributed by atoms with Crippen molar-refractivity contribution in [1.29, 1.82) is 0 Å². The van der Waals surface area contributed by atoms with Crippen LogP contribution in [0.3, 0.4) is 0 Å². The van der Waals surface area contributed by atoms with Crippen molar-refractivity contribution in [3.8, 4) is 0 Å². The van der Waals surface area contributed by atoms with Crippen LogP contribution in [-0.2, 0) is 56.0 Å². The molecule has 3 amide bonds. The number of aliphatic carboxylic acids is 1. The fraction of sp³-hybridized carbons (Fsp3) is 0.654. The first kappa shape index (κ1) is 56.8. The molecule has 0 radical (unpaired) electrons. The van der Waals surface area contributed by atoms with E-state index in [1.807, 2.05) is 119 Å². The van der Waals surface area contributed by atoms with E-state index in [1.165, 1.54) is 0 Å². The highest BCUT2D eigenvalue weighted by molar-refractivity contribution is 6.00. The van der Waals surface area contributed by atoms with E-state index in [1.54, 1.807) is 14.2 Å². The van der Waals surface area contributed by atoms with Crippen LogP contribution in [-0.4, -0.2) is 145 Å². The van der Waals surface area contributed by atoms with Crippen LogP contribution in [0.4, 0.5) is 0 Å². The number of esters is 1. The van der Waals surface area contributed by atoms with E-state index in [0.717, 1.165) is 23.8 Å². The highest BCUT2D eigenvalue weighted by atomic mass is 16.5. The van der Waals surface area contributed by atoms with Gasteiger partial charge < -0.3 is 29.4 Å². The number of likely N-dealkylation sites (tertiary alicyclic amines) is 1. The molecular weight excluding hydrogens is 855 g/mol. The Morgan fingerprint density at radius 1 is 0.851 bits per heavy atom. The number of carbonyl (C=O) groups is 6. The van der Waals surface area contributed by atoms with Gasteiger partial charge in [0.15, 0.2) is 0 Å². The smallest absolute Gasteiger partial charge is 0.329 e. The molecule has 2 aromatic carbocycles. The number of ether oxygens (including phenoxy) is 3. The number of aldehydes is 1. The van der Waals surface area contributed by atoms with Crippen LogP contribution in [0.25, 0.3) is 0 Å². The van der Waals surface area contributed by atoms with Gasteiger partial charge in [-0.2, -0.15) is 0 Å². The number of likely N-dealkylation sites (N-methyl/N-ethyl adjacent to an activating group) is 2. The molecule has 3 rings (SSSR count). The molecule has 1 saturated heterocycles. The lowest BCUT2D eigenvalue weighted by Gasteiger charge is -2.54. The zero-order valence-corrected chi connectivity index (χ0v) is 42.1. The number of nitrogens with zero attached hydrogens (tertiary/aromatic N) is 3. The second kappa shape index (κ2) is 28.1. The zero-order chi connectivity index (χ0) is 49.8. The van der Waals surface area contributed by atoms with Crippen molar-refractivity contribution >= 4 is 35.9 Å². The van der Waals surface area contributed by atoms with Gasteiger partial charge in [-0.25, -0.2) is 4.79 Å². The number of methoxy groups -OCH3 is 2. The third kappa shape index (κ3) is 16.0. The highest BCUT2D eigenvalue weighted by Crippen LogP contribution is 2.40. The molecule has 1 heterocycles. The average molecular weight is 936 g/mol. The largest absolute Gasteiger partial charge is 0.481 e. The number of hydrogen-bond donors (Lipinski definition) is 3. The number of imide groups is 1. The van der Waals surface area contributed by atoms with E-state index in [0.29, 0.717) is 45.2 Å². The summed E-state index contributed by atoms with van der Waals surface area (Å²) in [6, 6.07) is 15.6. The molecule has 0 spiro atoms. The van der Waals surface area contributed by atoms with Crippen molar-refractivity contribution in [1.82, 2.24) is 25.3 Å². The van der Waals surface area contributed by atoms with Crippen LogP contribution in [0.15, 0.2) is 60.7 Å². The molecule has 3 N–H and O–H groups in total. The maximum absolute atomic E-state index is 14.5. The monoisotopic (exact) mass is 936 g/mol. The number of nitrogens with one attached hydrogen (secondary N) is 2. The van der Waals surface area contributed by atoms with Crippen LogP contribution >= 0.6 is 0 Å². The van der Waals surface area contributed by atoms with E-state index in [9.17, 15) is 28.8 Å². The number of hydrogen-bond acceptors (Lipinski definition) is 12. The summed E-state index contributed by atoms with van der Waals surface area (Å²) in [5.74, 6) is -3.71. The Morgan fingerprint density at radius 3 is 1.99 bits per heavy atom. The van der Waals surface area contributed by atoms with Crippen molar-refractivity contribution in [2.75, 3.05) is 41.4 Å². The van der Waals surface area contributed by atoms with E-state index in [2.05, 4.69) is 29.4 Å². The Morgan fingerprint density at radius 2 is 1.45 bits per heavy atom. The lowest BCUT2D eigenvalue weighted by molar-refractivity contribution is -0.151. The predicted molar refractivity (Wildman–Crippen MR) is 259 cm³/mol. The van der Waals surface area contributed by atoms with Gasteiger partial charge in [0, 0.05) is 45.1 Å². The van der Waals surface area contributed by atoms with Crippen molar-refractivity contribution in [2.45, 2.75) is 161 Å². The number of carbonyl (C=O) groups excluding carboxylic acids is 5. The molecule has 15 nitrogen and oxygen atoms in total. The Hall–Kier alpha value is -4.54. The Kier molecular flexibility index (Phi) is 23.8. The molecule has 15 heteroatoms. The molecule has 0 aliphatic carbocycles. The molecule has 1 aliphatic rings. The summed E-state index contributed by atoms with van der Waals surface area (Å²) >= 11 is 0. The zero-order valence-electron chi connectivity index (χ0n) is 42.1. The minimum absolute atomic E-state index is 0.0489. The van der Waals surface area contributed by atoms with Gasteiger partial charge in [0.25, 0.3) is 0 Å². The number of carboxylic acids is 1. The minimum atomic E-state index is -0.958. The van der Waals surface area contributed by atoms with Crippen molar-refractivity contribution < 1.29 is 48.1 Å². The van der Waals surface area contributed by atoms with Crippen LogP contribution in [0.2, 0.25) is 0 Å². The number of carboxylic acid groups (broad SMARTS) is 1. The van der Waals surface area contributed by atoms with E-state index >= 15 is 0 Å². The second-order valence-electron chi connectivity index (χ2n) is 19.1. The van der Waals surface area contributed by atoms with Gasteiger partial charge in [-0.05, 0) is 89.2 Å². The van der Waals surface area contributed by atoms with E-state index in [-0.39, 0.29) is 49.7 Å².